The predicted molar refractivity (Wildman–Crippen MR) is 106 cm³/mol. The second-order valence-corrected chi connectivity index (χ2v) is 6.09. The maximum atomic E-state index is 12.6. The number of H-pyrrole nitrogens is 1. The number of aromatic nitrogens is 2. The Morgan fingerprint density at radius 3 is 2.67 bits per heavy atom. The van der Waals surface area contributed by atoms with Crippen LogP contribution in [0.4, 0.5) is 5.69 Å². The number of benzene rings is 2. The van der Waals surface area contributed by atoms with Crippen LogP contribution in [0, 0.1) is 0 Å². The summed E-state index contributed by atoms with van der Waals surface area (Å²) in [6.07, 6.45) is 0. The molecule has 2 aromatic carbocycles. The molecule has 140 valence electrons. The van der Waals surface area contributed by atoms with Crippen LogP contribution in [0.5, 0.6) is 11.5 Å². The van der Waals surface area contributed by atoms with Crippen LogP contribution in [-0.2, 0) is 0 Å². The minimum atomic E-state index is -0.328. The van der Waals surface area contributed by atoms with Crippen LogP contribution in [-0.4, -0.2) is 29.3 Å². The third-order valence-electron chi connectivity index (χ3n) is 3.75. The van der Waals surface area contributed by atoms with Crippen molar-refractivity contribution >= 4 is 23.2 Å². The molecular formula is C20H20ClN3O3. The number of carbonyl (C=O) groups excluding carboxylic acids is 1. The summed E-state index contributed by atoms with van der Waals surface area (Å²) in [5, 5.41) is 10.4. The van der Waals surface area contributed by atoms with E-state index in [2.05, 4.69) is 15.5 Å². The first-order chi connectivity index (χ1) is 13.1. The molecule has 0 fully saturated rings. The third kappa shape index (κ3) is 4.60. The summed E-state index contributed by atoms with van der Waals surface area (Å²) in [5.74, 6) is 0.898. The zero-order valence-electron chi connectivity index (χ0n) is 15.1. The molecule has 0 unspecified atom stereocenters. The fourth-order valence-electron chi connectivity index (χ4n) is 2.57. The quantitative estimate of drug-likeness (QED) is 0.613. The Morgan fingerprint density at radius 1 is 1.11 bits per heavy atom. The Balaban J connectivity index is 1.82. The molecule has 1 amide bonds. The maximum absolute atomic E-state index is 12.6. The number of aromatic amines is 1. The number of rotatable bonds is 7. The van der Waals surface area contributed by atoms with Crippen LogP contribution in [0.15, 0.2) is 48.5 Å². The minimum absolute atomic E-state index is 0.328. The molecule has 3 aromatic rings. The van der Waals surface area contributed by atoms with Crippen LogP contribution in [0.3, 0.4) is 0 Å². The smallest absolute Gasteiger partial charge is 0.273 e. The van der Waals surface area contributed by atoms with E-state index >= 15 is 0 Å². The van der Waals surface area contributed by atoms with Crippen molar-refractivity contribution in [3.63, 3.8) is 0 Å². The van der Waals surface area contributed by atoms with Gasteiger partial charge in [0.25, 0.3) is 5.91 Å². The van der Waals surface area contributed by atoms with Gasteiger partial charge >= 0.3 is 0 Å². The molecule has 3 rings (SSSR count). The Morgan fingerprint density at radius 2 is 1.93 bits per heavy atom. The van der Waals surface area contributed by atoms with Gasteiger partial charge in [-0.3, -0.25) is 9.89 Å². The van der Waals surface area contributed by atoms with Gasteiger partial charge in [-0.05, 0) is 44.2 Å². The predicted octanol–water partition coefficient (Wildman–Crippen LogP) is 4.78. The van der Waals surface area contributed by atoms with Gasteiger partial charge in [-0.2, -0.15) is 5.10 Å². The molecular weight excluding hydrogens is 366 g/mol. The topological polar surface area (TPSA) is 76.2 Å². The molecule has 0 aliphatic heterocycles. The van der Waals surface area contributed by atoms with Crippen molar-refractivity contribution in [1.82, 2.24) is 10.2 Å². The number of hydrogen-bond donors (Lipinski definition) is 2. The van der Waals surface area contributed by atoms with Crippen LogP contribution >= 0.6 is 11.6 Å². The van der Waals surface area contributed by atoms with Crippen molar-refractivity contribution in [3.05, 3.63) is 59.2 Å². The van der Waals surface area contributed by atoms with E-state index in [0.29, 0.717) is 46.8 Å². The number of anilines is 1. The molecule has 0 aliphatic rings. The monoisotopic (exact) mass is 385 g/mol. The number of carbonyl (C=O) groups is 1. The van der Waals surface area contributed by atoms with Gasteiger partial charge < -0.3 is 14.8 Å². The first kappa shape index (κ1) is 18.8. The van der Waals surface area contributed by atoms with Crippen molar-refractivity contribution in [1.29, 1.82) is 0 Å². The van der Waals surface area contributed by atoms with E-state index < -0.39 is 0 Å². The Bertz CT molecular complexity index is 940. The van der Waals surface area contributed by atoms with Crippen LogP contribution in [0.2, 0.25) is 5.02 Å². The molecule has 1 aromatic heterocycles. The first-order valence-corrected chi connectivity index (χ1v) is 9.00. The van der Waals surface area contributed by atoms with Gasteiger partial charge in [0.15, 0.2) is 0 Å². The average Bonchev–Trinajstić information content (AvgIpc) is 3.15. The summed E-state index contributed by atoms with van der Waals surface area (Å²) in [7, 11) is 0. The second-order valence-electron chi connectivity index (χ2n) is 5.66. The normalized spacial score (nSPS) is 10.5. The molecule has 27 heavy (non-hydrogen) atoms. The third-order valence-corrected chi connectivity index (χ3v) is 3.99. The van der Waals surface area contributed by atoms with Gasteiger partial charge in [-0.25, -0.2) is 0 Å². The second kappa shape index (κ2) is 8.60. The van der Waals surface area contributed by atoms with Gasteiger partial charge in [0.2, 0.25) is 0 Å². The summed E-state index contributed by atoms with van der Waals surface area (Å²) in [4.78, 5) is 12.6. The van der Waals surface area contributed by atoms with Crippen LogP contribution in [0.1, 0.15) is 24.3 Å². The fourth-order valence-corrected chi connectivity index (χ4v) is 2.76. The molecule has 1 heterocycles. The first-order valence-electron chi connectivity index (χ1n) is 8.63. The highest BCUT2D eigenvalue weighted by Gasteiger charge is 2.15. The number of ether oxygens (including phenoxy) is 2. The van der Waals surface area contributed by atoms with Gasteiger partial charge in [0.1, 0.15) is 17.2 Å². The van der Waals surface area contributed by atoms with Gasteiger partial charge in [-0.15, -0.1) is 0 Å². The Kier molecular flexibility index (Phi) is 5.98. The van der Waals surface area contributed by atoms with E-state index in [4.69, 9.17) is 21.1 Å². The molecule has 6 nitrogen and oxygen atoms in total. The largest absolute Gasteiger partial charge is 0.494 e. The summed E-state index contributed by atoms with van der Waals surface area (Å²) >= 11 is 6.02. The van der Waals surface area contributed by atoms with E-state index in [0.717, 1.165) is 5.56 Å². The van der Waals surface area contributed by atoms with Crippen molar-refractivity contribution in [2.45, 2.75) is 13.8 Å². The van der Waals surface area contributed by atoms with Crippen molar-refractivity contribution in [2.75, 3.05) is 18.5 Å². The summed E-state index contributed by atoms with van der Waals surface area (Å²) in [6.45, 7) is 4.80. The molecule has 2 N–H and O–H groups in total. The Labute approximate surface area is 162 Å². The van der Waals surface area contributed by atoms with E-state index in [-0.39, 0.29) is 5.91 Å². The lowest BCUT2D eigenvalue weighted by atomic mass is 10.1. The highest BCUT2D eigenvalue weighted by atomic mass is 35.5. The average molecular weight is 386 g/mol. The number of hydrogen-bond acceptors (Lipinski definition) is 4. The zero-order chi connectivity index (χ0) is 19.2. The highest BCUT2D eigenvalue weighted by molar-refractivity contribution is 6.30. The summed E-state index contributed by atoms with van der Waals surface area (Å²) < 4.78 is 11.1. The summed E-state index contributed by atoms with van der Waals surface area (Å²) in [5.41, 5.74) is 2.32. The highest BCUT2D eigenvalue weighted by Crippen LogP contribution is 2.30. The molecule has 0 aliphatic carbocycles. The molecule has 0 radical (unpaired) electrons. The number of nitrogens with one attached hydrogen (secondary N) is 2. The summed E-state index contributed by atoms with van der Waals surface area (Å²) in [6, 6.07) is 14.3. The number of halogens is 1. The molecule has 0 atom stereocenters. The molecule has 7 heteroatoms. The lowest BCUT2D eigenvalue weighted by molar-refractivity contribution is 0.102. The molecule has 0 saturated heterocycles. The standard InChI is InChI=1S/C20H20ClN3O3/c1-3-26-15-8-9-19(27-4-2)17(11-15)22-20(25)18-12-16(23-24-18)13-6-5-7-14(21)10-13/h5-12H,3-4H2,1-2H3,(H,22,25)(H,23,24). The lowest BCUT2D eigenvalue weighted by Crippen LogP contribution is -2.13. The molecule has 0 bridgehead atoms. The SMILES string of the molecule is CCOc1ccc(OCC)c(NC(=O)c2cc(-c3cccc(Cl)c3)n[nH]2)c1. The van der Waals surface area contributed by atoms with E-state index in [1.165, 1.54) is 0 Å². The minimum Gasteiger partial charge on any atom is -0.494 e. The van der Waals surface area contributed by atoms with Crippen LogP contribution in [0.25, 0.3) is 11.3 Å². The molecule has 0 spiro atoms. The van der Waals surface area contributed by atoms with Gasteiger partial charge in [0.05, 0.1) is 24.6 Å². The van der Waals surface area contributed by atoms with Gasteiger partial charge in [0, 0.05) is 16.7 Å². The van der Waals surface area contributed by atoms with Crippen LogP contribution < -0.4 is 14.8 Å². The Hall–Kier alpha value is -2.99. The zero-order valence-corrected chi connectivity index (χ0v) is 15.8. The van der Waals surface area contributed by atoms with Crippen molar-refractivity contribution in [2.24, 2.45) is 0 Å². The number of amides is 1. The molecule has 0 saturated carbocycles. The van der Waals surface area contributed by atoms with E-state index in [1.807, 2.05) is 26.0 Å². The maximum Gasteiger partial charge on any atom is 0.273 e. The lowest BCUT2D eigenvalue weighted by Gasteiger charge is -2.13. The number of nitrogens with zero attached hydrogens (tertiary/aromatic N) is 1. The van der Waals surface area contributed by atoms with E-state index in [9.17, 15) is 4.79 Å². The fraction of sp³-hybridized carbons (Fsp3) is 0.200. The van der Waals surface area contributed by atoms with Crippen molar-refractivity contribution < 1.29 is 14.3 Å². The van der Waals surface area contributed by atoms with E-state index in [1.54, 1.807) is 36.4 Å². The van der Waals surface area contributed by atoms with Gasteiger partial charge in [-0.1, -0.05) is 23.7 Å². The van der Waals surface area contributed by atoms with Crippen molar-refractivity contribution in [3.8, 4) is 22.8 Å².